The second kappa shape index (κ2) is 13.6. The third kappa shape index (κ3) is 8.09. The number of carboxylic acids is 1. The lowest BCUT2D eigenvalue weighted by Crippen LogP contribution is -2.48. The van der Waals surface area contributed by atoms with Crippen LogP contribution in [0.15, 0.2) is 54.1 Å². The fraction of sp³-hybridized carbons (Fsp3) is 0.417. The Morgan fingerprint density at radius 2 is 2.17 bits per heavy atom. The lowest BCUT2D eigenvalue weighted by atomic mass is 10.1. The van der Waals surface area contributed by atoms with E-state index in [2.05, 4.69) is 10.3 Å². The van der Waals surface area contributed by atoms with E-state index in [0.29, 0.717) is 36.4 Å². The highest BCUT2D eigenvalue weighted by Gasteiger charge is 2.36. The molecule has 0 saturated carbocycles. The largest absolute Gasteiger partial charge is 0.480 e. The fourth-order valence-corrected chi connectivity index (χ4v) is 4.89. The number of hydrogen-bond acceptors (Lipinski definition) is 7. The Bertz CT molecular complexity index is 1060. The molecule has 1 atom stereocenters. The van der Waals surface area contributed by atoms with Gasteiger partial charge in [0.1, 0.15) is 12.4 Å². The van der Waals surface area contributed by atoms with Gasteiger partial charge in [-0.3, -0.25) is 14.4 Å². The Hall–Kier alpha value is -3.38. The summed E-state index contributed by atoms with van der Waals surface area (Å²) in [4.78, 5) is 44.7. The van der Waals surface area contributed by atoms with Crippen molar-refractivity contribution in [3.05, 3.63) is 65.5 Å². The van der Waals surface area contributed by atoms with E-state index in [1.807, 2.05) is 10.8 Å². The van der Waals surface area contributed by atoms with Crippen molar-refractivity contribution in [1.29, 1.82) is 0 Å². The van der Waals surface area contributed by atoms with E-state index in [0.717, 1.165) is 11.8 Å². The Morgan fingerprint density at radius 3 is 2.86 bits per heavy atom. The van der Waals surface area contributed by atoms with Crippen LogP contribution in [0.4, 0.5) is 4.39 Å². The maximum atomic E-state index is 13.6. The lowest BCUT2D eigenvalue weighted by molar-refractivity contribution is -0.141. The first-order chi connectivity index (χ1) is 17.4. The minimum absolute atomic E-state index is 0.0907. The van der Waals surface area contributed by atoms with Gasteiger partial charge in [-0.15, -0.1) is 0 Å². The van der Waals surface area contributed by atoms with Gasteiger partial charge in [0.2, 0.25) is 5.91 Å². The molecule has 1 aromatic carbocycles. The molecule has 0 bridgehead atoms. The highest BCUT2D eigenvalue weighted by molar-refractivity contribution is 8.04. The number of imidazole rings is 1. The summed E-state index contributed by atoms with van der Waals surface area (Å²) in [5.41, 5.74) is -0.0261. The van der Waals surface area contributed by atoms with E-state index in [9.17, 15) is 23.9 Å². The van der Waals surface area contributed by atoms with Gasteiger partial charge in [-0.05, 0) is 30.5 Å². The van der Waals surface area contributed by atoms with Crippen LogP contribution in [-0.2, 0) is 32.1 Å². The van der Waals surface area contributed by atoms with E-state index in [1.54, 1.807) is 24.7 Å². The molecule has 3 rings (SSSR count). The number of carbonyl (C=O) groups excluding carboxylic acids is 2. The van der Waals surface area contributed by atoms with Crippen molar-refractivity contribution in [3.8, 4) is 0 Å². The van der Waals surface area contributed by atoms with Crippen molar-refractivity contribution in [2.75, 3.05) is 33.4 Å². The summed E-state index contributed by atoms with van der Waals surface area (Å²) < 4.78 is 20.6. The van der Waals surface area contributed by atoms with Crippen LogP contribution < -0.4 is 5.32 Å². The minimum Gasteiger partial charge on any atom is -0.480 e. The highest BCUT2D eigenvalue weighted by Crippen LogP contribution is 2.35. The second-order valence-corrected chi connectivity index (χ2v) is 9.22. The highest BCUT2D eigenvalue weighted by atomic mass is 32.2. The second-order valence-electron chi connectivity index (χ2n) is 8.12. The molecule has 10 nitrogen and oxygen atoms in total. The number of amides is 2. The van der Waals surface area contributed by atoms with Gasteiger partial charge in [-0.1, -0.05) is 23.9 Å². The predicted octanol–water partition coefficient (Wildman–Crippen LogP) is 1.89. The molecule has 0 saturated heterocycles. The number of rotatable bonds is 14. The van der Waals surface area contributed by atoms with Crippen LogP contribution in [0.2, 0.25) is 0 Å². The summed E-state index contributed by atoms with van der Waals surface area (Å²) in [6, 6.07) is 6.10. The summed E-state index contributed by atoms with van der Waals surface area (Å²) >= 11 is 1.12. The Kier molecular flexibility index (Phi) is 10.3. The van der Waals surface area contributed by atoms with Gasteiger partial charge in [0.05, 0.1) is 24.3 Å². The van der Waals surface area contributed by atoms with E-state index >= 15 is 0 Å². The van der Waals surface area contributed by atoms with Crippen LogP contribution in [-0.4, -0.2) is 81.1 Å². The summed E-state index contributed by atoms with van der Waals surface area (Å²) in [6.45, 7) is 1.15. The quantitative estimate of drug-likeness (QED) is 0.364. The summed E-state index contributed by atoms with van der Waals surface area (Å²) in [6.07, 6.45) is 7.85. The van der Waals surface area contributed by atoms with Crippen molar-refractivity contribution in [2.45, 2.75) is 31.3 Å². The van der Waals surface area contributed by atoms with E-state index in [-0.39, 0.29) is 43.7 Å². The van der Waals surface area contributed by atoms with Crippen LogP contribution in [0, 0.1) is 5.82 Å². The molecular weight excluding hydrogens is 489 g/mol. The predicted molar refractivity (Wildman–Crippen MR) is 132 cm³/mol. The minimum atomic E-state index is -1.09. The van der Waals surface area contributed by atoms with Gasteiger partial charge in [-0.2, -0.15) is 0 Å². The normalized spacial score (nSPS) is 15.0. The number of nitrogens with zero attached hydrogens (tertiary/aromatic N) is 4. The maximum Gasteiger partial charge on any atom is 0.323 e. The zero-order valence-electron chi connectivity index (χ0n) is 20.0. The molecule has 2 N–H and O–H groups in total. The molecular formula is C24H30FN5O5S. The van der Waals surface area contributed by atoms with Crippen molar-refractivity contribution in [2.24, 2.45) is 0 Å². The number of thioether (sulfide) groups is 1. The van der Waals surface area contributed by atoms with Crippen LogP contribution in [0.3, 0.4) is 0 Å². The Labute approximate surface area is 213 Å². The molecule has 194 valence electrons. The van der Waals surface area contributed by atoms with Crippen LogP contribution in [0.25, 0.3) is 0 Å². The first kappa shape index (κ1) is 27.2. The molecule has 2 amide bonds. The van der Waals surface area contributed by atoms with Crippen molar-refractivity contribution >= 4 is 29.5 Å². The Balaban J connectivity index is 1.68. The van der Waals surface area contributed by atoms with Crippen LogP contribution in [0.1, 0.15) is 18.4 Å². The molecule has 1 aliphatic heterocycles. The lowest BCUT2D eigenvalue weighted by Gasteiger charge is -2.34. The van der Waals surface area contributed by atoms with Gasteiger partial charge in [-0.25, -0.2) is 9.37 Å². The number of aliphatic carboxylic acids is 1. The number of hydrogen-bond donors (Lipinski definition) is 2. The number of nitrogens with one attached hydrogen (secondary N) is 1. The molecule has 0 fully saturated rings. The topological polar surface area (TPSA) is 117 Å². The number of benzene rings is 1. The molecule has 1 aromatic heterocycles. The molecule has 0 radical (unpaired) electrons. The van der Waals surface area contributed by atoms with E-state index in [1.165, 1.54) is 35.2 Å². The number of carboxylic acid groups (broad SMARTS) is 1. The van der Waals surface area contributed by atoms with Crippen molar-refractivity contribution < 1.29 is 28.6 Å². The average Bonchev–Trinajstić information content (AvgIpc) is 3.51. The van der Waals surface area contributed by atoms with Gasteiger partial charge in [0.25, 0.3) is 5.91 Å². The number of ether oxygens (including phenoxy) is 1. The van der Waals surface area contributed by atoms with Crippen molar-refractivity contribution in [3.63, 3.8) is 0 Å². The number of aryl methyl sites for hydroxylation is 1. The first-order valence-corrected chi connectivity index (χ1v) is 12.4. The van der Waals surface area contributed by atoms with Gasteiger partial charge in [0, 0.05) is 45.3 Å². The smallest absolute Gasteiger partial charge is 0.323 e. The third-order valence-corrected chi connectivity index (χ3v) is 6.70. The van der Waals surface area contributed by atoms with Crippen LogP contribution >= 0.6 is 11.8 Å². The first-order valence-electron chi connectivity index (χ1n) is 11.5. The summed E-state index contributed by atoms with van der Waals surface area (Å²) in [5, 5.41) is 12.3. The molecule has 12 heteroatoms. The zero-order valence-corrected chi connectivity index (χ0v) is 20.8. The van der Waals surface area contributed by atoms with Crippen molar-refractivity contribution in [1.82, 2.24) is 24.7 Å². The summed E-state index contributed by atoms with van der Waals surface area (Å²) in [5.74, 6) is -2.05. The number of halogens is 1. The zero-order chi connectivity index (χ0) is 25.9. The monoisotopic (exact) mass is 519 g/mol. The average molecular weight is 520 g/mol. The maximum absolute atomic E-state index is 13.6. The fourth-order valence-electron chi connectivity index (χ4n) is 3.66. The van der Waals surface area contributed by atoms with E-state index in [4.69, 9.17) is 4.74 Å². The third-order valence-electron chi connectivity index (χ3n) is 5.42. The molecule has 0 aliphatic carbocycles. The molecule has 1 unspecified atom stereocenters. The SMILES string of the molecule is COCCC(=O)N(CCc1cccc(F)c1)C1SC(C(=O)NCCCn2ccnc2)=CN1CC(=O)O. The standard InChI is InChI=1S/C24H30FN5O5S/c1-35-13-7-21(31)30(11-6-18-4-2-5-19(25)14-18)24-29(16-22(32)33)15-20(36-24)23(34)27-8-3-10-28-12-9-26-17-28/h2,4-5,9,12,14-15,17,24H,3,6-8,10-11,13,16H2,1H3,(H,27,34)(H,32,33). The molecule has 2 heterocycles. The molecule has 0 spiro atoms. The number of carbonyl (C=O) groups is 3. The number of aromatic nitrogens is 2. The summed E-state index contributed by atoms with van der Waals surface area (Å²) in [7, 11) is 1.49. The van der Waals surface area contributed by atoms with Crippen LogP contribution in [0.5, 0.6) is 0 Å². The van der Waals surface area contributed by atoms with Gasteiger partial charge in [0.15, 0.2) is 5.50 Å². The molecule has 1 aliphatic rings. The Morgan fingerprint density at radius 1 is 1.33 bits per heavy atom. The van der Waals surface area contributed by atoms with E-state index < -0.39 is 11.5 Å². The van der Waals surface area contributed by atoms with Gasteiger partial charge >= 0.3 is 5.97 Å². The number of methoxy groups -OCH3 is 1. The molecule has 36 heavy (non-hydrogen) atoms. The molecule has 2 aromatic rings. The van der Waals surface area contributed by atoms with Gasteiger partial charge < -0.3 is 29.5 Å².